The van der Waals surface area contributed by atoms with Crippen LogP contribution in [0.3, 0.4) is 0 Å². The van der Waals surface area contributed by atoms with Crippen LogP contribution in [-0.2, 0) is 11.8 Å². The number of rotatable bonds is 2. The molecular weight excluding hydrogens is 218 g/mol. The number of halogens is 1. The molecule has 0 saturated carbocycles. The summed E-state index contributed by atoms with van der Waals surface area (Å²) in [4.78, 5) is 13.2. The second kappa shape index (κ2) is 4.63. The fourth-order valence-electron chi connectivity index (χ4n) is 1.07. The average Bonchev–Trinajstić information content (AvgIpc) is 2.40. The van der Waals surface area contributed by atoms with Crippen LogP contribution < -0.4 is 0 Å². The van der Waals surface area contributed by atoms with Gasteiger partial charge >= 0.3 is 0 Å². The Balaban J connectivity index is 2.99. The van der Waals surface area contributed by atoms with Crippen LogP contribution in [0.1, 0.15) is 11.3 Å². The van der Waals surface area contributed by atoms with Crippen LogP contribution in [0.2, 0.25) is 5.15 Å². The summed E-state index contributed by atoms with van der Waals surface area (Å²) in [6.45, 7) is 1.77. The van der Waals surface area contributed by atoms with Gasteiger partial charge < -0.3 is 0 Å². The quantitative estimate of drug-likeness (QED) is 0.335. The lowest BCUT2D eigenvalue weighted by Crippen LogP contribution is -1.89. The molecule has 0 aliphatic carbocycles. The third-order valence-electron chi connectivity index (χ3n) is 1.73. The molecule has 0 spiro atoms. The van der Waals surface area contributed by atoms with Crippen LogP contribution in [0.5, 0.6) is 0 Å². The zero-order valence-corrected chi connectivity index (χ0v) is 8.93. The maximum Gasteiger partial charge on any atom is 0.242 e. The second-order valence-corrected chi connectivity index (χ2v) is 3.13. The first-order valence-corrected chi connectivity index (χ1v) is 4.40. The smallest absolute Gasteiger partial charge is 0.242 e. The lowest BCUT2D eigenvalue weighted by Gasteiger charge is -1.90. The Hall–Kier alpha value is -1.78. The number of aryl methyl sites for hydroxylation is 2. The van der Waals surface area contributed by atoms with Crippen molar-refractivity contribution >= 4 is 23.6 Å². The Kier molecular flexibility index (Phi) is 3.49. The Bertz CT molecular complexity index is 470. The molecule has 0 aliphatic heterocycles. The van der Waals surface area contributed by atoms with Crippen LogP contribution in [0, 0.1) is 6.92 Å². The molecule has 0 aliphatic rings. The highest BCUT2D eigenvalue weighted by molar-refractivity contribution is 6.31. The van der Waals surface area contributed by atoms with Crippen LogP contribution >= 0.6 is 11.6 Å². The highest BCUT2D eigenvalue weighted by Crippen LogP contribution is 2.19. The molecule has 1 rings (SSSR count). The van der Waals surface area contributed by atoms with Gasteiger partial charge in [0.15, 0.2) is 0 Å². The third kappa shape index (κ3) is 2.59. The van der Waals surface area contributed by atoms with E-state index in [2.05, 4.69) is 15.1 Å². The molecule has 1 aromatic heterocycles. The minimum Gasteiger partial charge on any atom is -0.288 e. The highest BCUT2D eigenvalue weighted by atomic mass is 35.5. The van der Waals surface area contributed by atoms with E-state index < -0.39 is 5.91 Å². The van der Waals surface area contributed by atoms with E-state index in [1.807, 2.05) is 0 Å². The van der Waals surface area contributed by atoms with Crippen molar-refractivity contribution < 1.29 is 4.79 Å². The van der Waals surface area contributed by atoms with Gasteiger partial charge in [0.2, 0.25) is 5.91 Å². The van der Waals surface area contributed by atoms with Gasteiger partial charge in [-0.2, -0.15) is 5.10 Å². The van der Waals surface area contributed by atoms with Gasteiger partial charge in [-0.1, -0.05) is 11.6 Å². The van der Waals surface area contributed by atoms with Crippen molar-refractivity contribution in [2.24, 2.45) is 12.2 Å². The molecule has 7 heteroatoms. The molecule has 0 radical (unpaired) electrons. The first-order valence-electron chi connectivity index (χ1n) is 4.02. The van der Waals surface area contributed by atoms with Gasteiger partial charge in [0.1, 0.15) is 5.15 Å². The Morgan fingerprint density at radius 2 is 2.40 bits per heavy atom. The Morgan fingerprint density at radius 3 is 2.87 bits per heavy atom. The summed E-state index contributed by atoms with van der Waals surface area (Å²) in [5.41, 5.74) is 9.35. The van der Waals surface area contributed by atoms with E-state index in [1.54, 1.807) is 14.0 Å². The van der Waals surface area contributed by atoms with Gasteiger partial charge in [0.05, 0.1) is 5.69 Å². The molecule has 0 atom stereocenters. The van der Waals surface area contributed by atoms with E-state index in [1.165, 1.54) is 10.8 Å². The fraction of sp³-hybridized carbons (Fsp3) is 0.250. The van der Waals surface area contributed by atoms with Gasteiger partial charge in [-0.05, 0) is 29.7 Å². The lowest BCUT2D eigenvalue weighted by molar-refractivity contribution is -0.113. The van der Waals surface area contributed by atoms with E-state index in [4.69, 9.17) is 17.1 Å². The first-order chi connectivity index (χ1) is 7.06. The van der Waals surface area contributed by atoms with Gasteiger partial charge in [-0.15, -0.1) is 0 Å². The van der Waals surface area contributed by atoms with E-state index >= 15 is 0 Å². The largest absolute Gasteiger partial charge is 0.288 e. The number of nitrogens with zero attached hydrogens (tertiary/aromatic N) is 5. The average molecular weight is 226 g/mol. The van der Waals surface area contributed by atoms with Crippen LogP contribution in [0.4, 0.5) is 0 Å². The first kappa shape index (κ1) is 11.3. The number of aromatic nitrogens is 2. The van der Waals surface area contributed by atoms with Crippen molar-refractivity contribution in [3.8, 4) is 0 Å². The monoisotopic (exact) mass is 225 g/mol. The molecule has 15 heavy (non-hydrogen) atoms. The number of hydrogen-bond donors (Lipinski definition) is 0. The zero-order chi connectivity index (χ0) is 11.4. The summed E-state index contributed by atoms with van der Waals surface area (Å²) in [5, 5.41) is 7.37. The molecule has 0 aromatic carbocycles. The molecule has 1 amide bonds. The lowest BCUT2D eigenvalue weighted by atomic mass is 10.2. The van der Waals surface area contributed by atoms with Crippen molar-refractivity contribution in [1.29, 1.82) is 0 Å². The maximum absolute atomic E-state index is 10.9. The van der Waals surface area contributed by atoms with Gasteiger partial charge in [0.25, 0.3) is 0 Å². The summed E-state index contributed by atoms with van der Waals surface area (Å²) < 4.78 is 1.49. The van der Waals surface area contributed by atoms with Gasteiger partial charge in [0, 0.05) is 17.5 Å². The van der Waals surface area contributed by atoms with Crippen LogP contribution in [0.15, 0.2) is 11.2 Å². The molecule has 6 nitrogen and oxygen atoms in total. The SMILES string of the molecule is Cc1nn(C)c(Cl)c1C=CC(=O)N=[N+]=[N-]. The van der Waals surface area contributed by atoms with E-state index in [0.717, 1.165) is 6.08 Å². The molecule has 1 heterocycles. The number of azide groups is 1. The maximum atomic E-state index is 10.9. The fourth-order valence-corrected chi connectivity index (χ4v) is 1.31. The van der Waals surface area contributed by atoms with Crippen molar-refractivity contribution in [1.82, 2.24) is 9.78 Å². The van der Waals surface area contributed by atoms with Gasteiger partial charge in [-0.3, -0.25) is 9.48 Å². The van der Waals surface area contributed by atoms with E-state index in [0.29, 0.717) is 16.4 Å². The van der Waals surface area contributed by atoms with Crippen molar-refractivity contribution in [2.45, 2.75) is 6.92 Å². The Morgan fingerprint density at radius 1 is 1.73 bits per heavy atom. The number of carbonyl (C=O) groups is 1. The second-order valence-electron chi connectivity index (χ2n) is 2.77. The zero-order valence-electron chi connectivity index (χ0n) is 8.18. The topological polar surface area (TPSA) is 83.7 Å². The molecule has 1 aromatic rings. The summed E-state index contributed by atoms with van der Waals surface area (Å²) in [7, 11) is 1.70. The van der Waals surface area contributed by atoms with Crippen molar-refractivity contribution in [3.63, 3.8) is 0 Å². The molecule has 0 N–H and O–H groups in total. The summed E-state index contributed by atoms with van der Waals surface area (Å²) in [5.74, 6) is -0.670. The van der Waals surface area contributed by atoms with Gasteiger partial charge in [-0.25, -0.2) is 0 Å². The predicted molar refractivity (Wildman–Crippen MR) is 56.1 cm³/mol. The van der Waals surface area contributed by atoms with Crippen LogP contribution in [-0.4, -0.2) is 15.7 Å². The molecule has 78 valence electrons. The van der Waals surface area contributed by atoms with Crippen molar-refractivity contribution in [2.75, 3.05) is 0 Å². The number of hydrogen-bond acceptors (Lipinski definition) is 2. The standard InChI is InChI=1S/C8H8ClN5O/c1-5-6(8(9)14(2)12-5)3-4-7(15)11-13-10/h3-4H,1-2H3. The molecule has 0 fully saturated rings. The Labute approximate surface area is 90.8 Å². The molecular formula is C8H8ClN5O. The highest BCUT2D eigenvalue weighted by Gasteiger charge is 2.07. The predicted octanol–water partition coefficient (Wildman–Crippen LogP) is 2.23. The normalized spacial score (nSPS) is 10.3. The molecule has 0 bridgehead atoms. The third-order valence-corrected chi connectivity index (χ3v) is 2.18. The summed E-state index contributed by atoms with van der Waals surface area (Å²) in [6, 6.07) is 0. The molecule has 0 saturated heterocycles. The minimum atomic E-state index is -0.670. The number of carbonyl (C=O) groups excluding carboxylic acids is 1. The van der Waals surface area contributed by atoms with E-state index in [9.17, 15) is 4.79 Å². The summed E-state index contributed by atoms with van der Waals surface area (Å²) >= 11 is 5.91. The summed E-state index contributed by atoms with van der Waals surface area (Å²) in [6.07, 6.45) is 2.62. The minimum absolute atomic E-state index is 0.428. The van der Waals surface area contributed by atoms with Crippen LogP contribution in [0.25, 0.3) is 16.5 Å². The molecule has 0 unspecified atom stereocenters. The van der Waals surface area contributed by atoms with Crippen molar-refractivity contribution in [3.05, 3.63) is 32.9 Å². The van der Waals surface area contributed by atoms with E-state index in [-0.39, 0.29) is 0 Å². The number of amides is 1.